The molecule has 4 heteroatoms. The van der Waals surface area contributed by atoms with Gasteiger partial charge in [0, 0.05) is 7.11 Å². The van der Waals surface area contributed by atoms with Crippen LogP contribution in [0, 0.1) is 0 Å². The Morgan fingerprint density at radius 2 is 2.11 bits per heavy atom. The fourth-order valence-electron chi connectivity index (χ4n) is 2.46. The molecular formula is C15H21NO3. The Morgan fingerprint density at radius 3 is 2.84 bits per heavy atom. The first-order valence-electron chi connectivity index (χ1n) is 6.73. The lowest BCUT2D eigenvalue weighted by atomic mass is 10.2. The summed E-state index contributed by atoms with van der Waals surface area (Å²) < 4.78 is 10.8. The minimum absolute atomic E-state index is 0.0649. The molecule has 1 N–H and O–H groups in total. The summed E-state index contributed by atoms with van der Waals surface area (Å²) in [4.78, 5) is 11.8. The first kappa shape index (κ1) is 14.0. The quantitative estimate of drug-likeness (QED) is 0.852. The average molecular weight is 263 g/mol. The SMILES string of the molecule is CO[C@@H]1CCC[C@H]1NC(=O)COCc1ccccc1. The molecule has 0 bridgehead atoms. The molecule has 0 aliphatic heterocycles. The van der Waals surface area contributed by atoms with Crippen LogP contribution in [0.2, 0.25) is 0 Å². The molecule has 2 atom stereocenters. The minimum atomic E-state index is -0.0649. The molecule has 104 valence electrons. The van der Waals surface area contributed by atoms with Crippen LogP contribution in [0.15, 0.2) is 30.3 Å². The van der Waals surface area contributed by atoms with E-state index in [4.69, 9.17) is 9.47 Å². The Bertz CT molecular complexity index is 394. The van der Waals surface area contributed by atoms with Gasteiger partial charge in [-0.25, -0.2) is 0 Å². The van der Waals surface area contributed by atoms with Gasteiger partial charge in [-0.15, -0.1) is 0 Å². The molecule has 1 saturated carbocycles. The van der Waals surface area contributed by atoms with Crippen LogP contribution >= 0.6 is 0 Å². The molecule has 19 heavy (non-hydrogen) atoms. The van der Waals surface area contributed by atoms with Gasteiger partial charge in [0.2, 0.25) is 5.91 Å². The summed E-state index contributed by atoms with van der Waals surface area (Å²) >= 11 is 0. The Hall–Kier alpha value is -1.39. The van der Waals surface area contributed by atoms with Gasteiger partial charge < -0.3 is 14.8 Å². The first-order chi connectivity index (χ1) is 9.29. The van der Waals surface area contributed by atoms with Crippen LogP contribution in [-0.4, -0.2) is 31.8 Å². The summed E-state index contributed by atoms with van der Waals surface area (Å²) in [5.74, 6) is -0.0649. The molecule has 0 spiro atoms. The van der Waals surface area contributed by atoms with Crippen LogP contribution in [0.1, 0.15) is 24.8 Å². The molecule has 1 aliphatic rings. The van der Waals surface area contributed by atoms with Crippen LogP contribution in [0.3, 0.4) is 0 Å². The number of carbonyl (C=O) groups is 1. The molecule has 0 heterocycles. The van der Waals surface area contributed by atoms with Crippen molar-refractivity contribution in [1.82, 2.24) is 5.32 Å². The second-order valence-corrected chi connectivity index (χ2v) is 4.86. The smallest absolute Gasteiger partial charge is 0.246 e. The van der Waals surface area contributed by atoms with Crippen molar-refractivity contribution in [3.8, 4) is 0 Å². The Balaban J connectivity index is 1.67. The van der Waals surface area contributed by atoms with E-state index in [1.807, 2.05) is 30.3 Å². The monoisotopic (exact) mass is 263 g/mol. The number of carbonyl (C=O) groups excluding carboxylic acids is 1. The summed E-state index contributed by atoms with van der Waals surface area (Å²) in [5.41, 5.74) is 1.07. The van der Waals surface area contributed by atoms with E-state index < -0.39 is 0 Å². The number of hydrogen-bond donors (Lipinski definition) is 1. The normalized spacial score (nSPS) is 22.4. The fraction of sp³-hybridized carbons (Fsp3) is 0.533. The highest BCUT2D eigenvalue weighted by atomic mass is 16.5. The van der Waals surface area contributed by atoms with Gasteiger partial charge in [-0.2, -0.15) is 0 Å². The van der Waals surface area contributed by atoms with Crippen LogP contribution in [0.25, 0.3) is 0 Å². The predicted molar refractivity (Wildman–Crippen MR) is 72.7 cm³/mol. The number of methoxy groups -OCH3 is 1. The van der Waals surface area contributed by atoms with Gasteiger partial charge in [-0.1, -0.05) is 30.3 Å². The van der Waals surface area contributed by atoms with Gasteiger partial charge in [0.05, 0.1) is 18.8 Å². The van der Waals surface area contributed by atoms with Crippen molar-refractivity contribution in [1.29, 1.82) is 0 Å². The maximum Gasteiger partial charge on any atom is 0.246 e. The van der Waals surface area contributed by atoms with E-state index in [1.165, 1.54) is 0 Å². The zero-order valence-electron chi connectivity index (χ0n) is 11.3. The lowest BCUT2D eigenvalue weighted by Crippen LogP contribution is -2.42. The zero-order valence-corrected chi connectivity index (χ0v) is 11.3. The number of rotatable bonds is 6. The van der Waals surface area contributed by atoms with Crippen molar-refractivity contribution in [2.45, 2.75) is 38.0 Å². The third kappa shape index (κ3) is 4.33. The standard InChI is InChI=1S/C15H21NO3/c1-18-14-9-5-8-13(14)16-15(17)11-19-10-12-6-3-2-4-7-12/h2-4,6-7,13-14H,5,8-11H2,1H3,(H,16,17)/t13-,14-/m1/s1. The molecule has 0 saturated heterocycles. The minimum Gasteiger partial charge on any atom is -0.379 e. The Kier molecular flexibility index (Phi) is 5.36. The molecule has 0 aromatic heterocycles. The van der Waals surface area contributed by atoms with E-state index in [-0.39, 0.29) is 24.7 Å². The third-order valence-electron chi connectivity index (χ3n) is 3.45. The lowest BCUT2D eigenvalue weighted by Gasteiger charge is -2.19. The van der Waals surface area contributed by atoms with Gasteiger partial charge in [-0.05, 0) is 24.8 Å². The van der Waals surface area contributed by atoms with Gasteiger partial charge >= 0.3 is 0 Å². The summed E-state index contributed by atoms with van der Waals surface area (Å²) in [5, 5.41) is 2.98. The molecule has 1 amide bonds. The second-order valence-electron chi connectivity index (χ2n) is 4.86. The lowest BCUT2D eigenvalue weighted by molar-refractivity contribution is -0.127. The van der Waals surface area contributed by atoms with Gasteiger partial charge in [0.25, 0.3) is 0 Å². The number of amides is 1. The van der Waals surface area contributed by atoms with E-state index >= 15 is 0 Å². The molecule has 4 nitrogen and oxygen atoms in total. The number of nitrogens with one attached hydrogen (secondary N) is 1. The molecular weight excluding hydrogens is 242 g/mol. The fourth-order valence-corrected chi connectivity index (χ4v) is 2.46. The average Bonchev–Trinajstić information content (AvgIpc) is 2.87. The second kappa shape index (κ2) is 7.26. The first-order valence-corrected chi connectivity index (χ1v) is 6.73. The highest BCUT2D eigenvalue weighted by molar-refractivity contribution is 5.77. The van der Waals surface area contributed by atoms with Crippen molar-refractivity contribution < 1.29 is 14.3 Å². The molecule has 1 aliphatic carbocycles. The molecule has 1 aromatic carbocycles. The topological polar surface area (TPSA) is 47.6 Å². The van der Waals surface area contributed by atoms with Gasteiger partial charge in [-0.3, -0.25) is 4.79 Å². The molecule has 1 fully saturated rings. The number of benzene rings is 1. The van der Waals surface area contributed by atoms with Crippen LogP contribution < -0.4 is 5.32 Å². The Morgan fingerprint density at radius 1 is 1.32 bits per heavy atom. The molecule has 0 unspecified atom stereocenters. The molecule has 0 radical (unpaired) electrons. The molecule has 1 aromatic rings. The van der Waals surface area contributed by atoms with Crippen molar-refractivity contribution in [3.63, 3.8) is 0 Å². The predicted octanol–water partition coefficient (Wildman–Crippen LogP) is 1.89. The van der Waals surface area contributed by atoms with Crippen molar-refractivity contribution in [3.05, 3.63) is 35.9 Å². The summed E-state index contributed by atoms with van der Waals surface area (Å²) in [7, 11) is 1.70. The summed E-state index contributed by atoms with van der Waals surface area (Å²) in [6.45, 7) is 0.564. The largest absolute Gasteiger partial charge is 0.379 e. The van der Waals surface area contributed by atoms with Gasteiger partial charge in [0.15, 0.2) is 0 Å². The maximum absolute atomic E-state index is 11.8. The van der Waals surface area contributed by atoms with Crippen LogP contribution in [0.5, 0.6) is 0 Å². The number of hydrogen-bond acceptors (Lipinski definition) is 3. The van der Waals surface area contributed by atoms with E-state index in [0.29, 0.717) is 6.61 Å². The highest BCUT2D eigenvalue weighted by Gasteiger charge is 2.28. The van der Waals surface area contributed by atoms with Crippen LogP contribution in [0.4, 0.5) is 0 Å². The van der Waals surface area contributed by atoms with E-state index in [2.05, 4.69) is 5.32 Å². The van der Waals surface area contributed by atoms with E-state index in [0.717, 1.165) is 24.8 Å². The van der Waals surface area contributed by atoms with E-state index in [1.54, 1.807) is 7.11 Å². The Labute approximate surface area is 114 Å². The number of ether oxygens (including phenoxy) is 2. The molecule has 2 rings (SSSR count). The van der Waals surface area contributed by atoms with Gasteiger partial charge in [0.1, 0.15) is 6.61 Å². The van der Waals surface area contributed by atoms with Crippen molar-refractivity contribution in [2.75, 3.05) is 13.7 Å². The highest BCUT2D eigenvalue weighted by Crippen LogP contribution is 2.21. The van der Waals surface area contributed by atoms with Crippen molar-refractivity contribution >= 4 is 5.91 Å². The van der Waals surface area contributed by atoms with Crippen molar-refractivity contribution in [2.24, 2.45) is 0 Å². The third-order valence-corrected chi connectivity index (χ3v) is 3.45. The zero-order chi connectivity index (χ0) is 13.5. The summed E-state index contributed by atoms with van der Waals surface area (Å²) in [6.07, 6.45) is 3.27. The maximum atomic E-state index is 11.8. The van der Waals surface area contributed by atoms with E-state index in [9.17, 15) is 4.79 Å². The summed E-state index contributed by atoms with van der Waals surface area (Å²) in [6, 6.07) is 9.98. The van der Waals surface area contributed by atoms with Crippen LogP contribution in [-0.2, 0) is 20.9 Å².